The van der Waals surface area contributed by atoms with Gasteiger partial charge in [0, 0.05) is 0 Å². The zero-order valence-corrected chi connectivity index (χ0v) is 8.77. The van der Waals surface area contributed by atoms with E-state index in [0.717, 1.165) is 5.56 Å². The zero-order chi connectivity index (χ0) is 8.27. The number of halogens is 2. The molecule has 1 aromatic rings. The molecule has 0 radical (unpaired) electrons. The van der Waals surface area contributed by atoms with E-state index >= 15 is 0 Å². The first-order chi connectivity index (χ1) is 5.22. The SMILES string of the molecule is CN(C)C(Cl)c1ccccc1.Cl. The molecule has 0 aliphatic heterocycles. The Morgan fingerprint density at radius 3 is 2.08 bits per heavy atom. The van der Waals surface area contributed by atoms with Crippen LogP contribution in [0.25, 0.3) is 0 Å². The molecule has 12 heavy (non-hydrogen) atoms. The second-order valence-electron chi connectivity index (χ2n) is 2.71. The van der Waals surface area contributed by atoms with Gasteiger partial charge in [-0.1, -0.05) is 30.3 Å². The molecular formula is C9H13Cl2N. The third-order valence-electron chi connectivity index (χ3n) is 1.53. The minimum Gasteiger partial charge on any atom is -0.290 e. The molecule has 0 saturated carbocycles. The standard InChI is InChI=1S/C9H12ClN.ClH/c1-11(2)9(10)8-6-4-3-5-7-8;/h3-7,9H,1-2H3;1H. The highest BCUT2D eigenvalue weighted by atomic mass is 35.5. The summed E-state index contributed by atoms with van der Waals surface area (Å²) in [5, 5.41) is 0. The molecule has 3 heteroatoms. The molecule has 68 valence electrons. The molecule has 0 aliphatic carbocycles. The maximum Gasteiger partial charge on any atom is 0.110 e. The molecule has 0 amide bonds. The number of hydrogen-bond donors (Lipinski definition) is 0. The van der Waals surface area contributed by atoms with Crippen molar-refractivity contribution in [3.8, 4) is 0 Å². The van der Waals surface area contributed by atoms with Crippen molar-refractivity contribution in [2.24, 2.45) is 0 Å². The normalized spacial score (nSPS) is 12.3. The van der Waals surface area contributed by atoms with Gasteiger partial charge in [-0.25, -0.2) is 0 Å². The van der Waals surface area contributed by atoms with Crippen LogP contribution in [-0.2, 0) is 0 Å². The number of hydrogen-bond acceptors (Lipinski definition) is 1. The molecule has 1 rings (SSSR count). The quantitative estimate of drug-likeness (QED) is 0.531. The lowest BCUT2D eigenvalue weighted by molar-refractivity contribution is 0.384. The first-order valence-corrected chi connectivity index (χ1v) is 4.01. The molecule has 1 atom stereocenters. The highest BCUT2D eigenvalue weighted by Gasteiger charge is 2.07. The van der Waals surface area contributed by atoms with E-state index in [2.05, 4.69) is 0 Å². The van der Waals surface area contributed by atoms with Gasteiger partial charge in [-0.3, -0.25) is 4.90 Å². The Morgan fingerprint density at radius 2 is 1.67 bits per heavy atom. The highest BCUT2D eigenvalue weighted by molar-refractivity contribution is 6.20. The van der Waals surface area contributed by atoms with Gasteiger partial charge >= 0.3 is 0 Å². The van der Waals surface area contributed by atoms with Crippen molar-refractivity contribution in [3.05, 3.63) is 35.9 Å². The van der Waals surface area contributed by atoms with Crippen LogP contribution in [0.2, 0.25) is 0 Å². The van der Waals surface area contributed by atoms with Gasteiger partial charge in [0.1, 0.15) is 5.50 Å². The second kappa shape index (κ2) is 5.41. The molecular weight excluding hydrogens is 193 g/mol. The van der Waals surface area contributed by atoms with Gasteiger partial charge in [-0.2, -0.15) is 0 Å². The minimum absolute atomic E-state index is 0. The topological polar surface area (TPSA) is 3.24 Å². The van der Waals surface area contributed by atoms with Gasteiger partial charge in [0.05, 0.1) is 0 Å². The van der Waals surface area contributed by atoms with Crippen LogP contribution in [0.1, 0.15) is 11.1 Å². The molecule has 0 saturated heterocycles. The summed E-state index contributed by atoms with van der Waals surface area (Å²) >= 11 is 6.07. The average Bonchev–Trinajstić information content (AvgIpc) is 2.05. The van der Waals surface area contributed by atoms with E-state index < -0.39 is 0 Å². The monoisotopic (exact) mass is 205 g/mol. The maximum absolute atomic E-state index is 6.07. The molecule has 1 aromatic carbocycles. The van der Waals surface area contributed by atoms with Crippen LogP contribution >= 0.6 is 24.0 Å². The van der Waals surface area contributed by atoms with Crippen LogP contribution in [0.15, 0.2) is 30.3 Å². The van der Waals surface area contributed by atoms with Crippen LogP contribution in [0, 0.1) is 0 Å². The van der Waals surface area contributed by atoms with Crippen molar-refractivity contribution in [1.82, 2.24) is 4.90 Å². The molecule has 0 spiro atoms. The zero-order valence-electron chi connectivity index (χ0n) is 7.20. The molecule has 1 unspecified atom stereocenters. The number of nitrogens with zero attached hydrogens (tertiary/aromatic N) is 1. The minimum atomic E-state index is -0.0174. The summed E-state index contributed by atoms with van der Waals surface area (Å²) in [6.07, 6.45) is 0. The lowest BCUT2D eigenvalue weighted by Crippen LogP contribution is -2.14. The predicted octanol–water partition coefficient (Wildman–Crippen LogP) is 2.91. The van der Waals surface area contributed by atoms with E-state index in [0.29, 0.717) is 0 Å². The van der Waals surface area contributed by atoms with Crippen LogP contribution in [0.3, 0.4) is 0 Å². The lowest BCUT2D eigenvalue weighted by atomic mass is 10.2. The first kappa shape index (κ1) is 11.8. The van der Waals surface area contributed by atoms with E-state index in [-0.39, 0.29) is 17.9 Å². The van der Waals surface area contributed by atoms with Crippen molar-refractivity contribution in [2.75, 3.05) is 14.1 Å². The van der Waals surface area contributed by atoms with Crippen molar-refractivity contribution < 1.29 is 0 Å². The summed E-state index contributed by atoms with van der Waals surface area (Å²) in [4.78, 5) is 1.97. The Balaban J connectivity index is 0.00000121. The summed E-state index contributed by atoms with van der Waals surface area (Å²) in [6, 6.07) is 10.0. The summed E-state index contributed by atoms with van der Waals surface area (Å²) < 4.78 is 0. The Kier molecular flexibility index (Phi) is 5.31. The lowest BCUT2D eigenvalue weighted by Gasteiger charge is -2.17. The summed E-state index contributed by atoms with van der Waals surface area (Å²) in [5.74, 6) is 0. The Morgan fingerprint density at radius 1 is 1.17 bits per heavy atom. The fourth-order valence-corrected chi connectivity index (χ4v) is 1.06. The Labute approximate surface area is 84.7 Å². The fraction of sp³-hybridized carbons (Fsp3) is 0.333. The van der Waals surface area contributed by atoms with Gasteiger partial charge in [0.2, 0.25) is 0 Å². The average molecular weight is 206 g/mol. The molecule has 0 bridgehead atoms. The van der Waals surface area contributed by atoms with Crippen LogP contribution in [0.5, 0.6) is 0 Å². The Hall–Kier alpha value is -0.240. The van der Waals surface area contributed by atoms with E-state index in [1.54, 1.807) is 0 Å². The van der Waals surface area contributed by atoms with Gasteiger partial charge in [-0.15, -0.1) is 24.0 Å². The highest BCUT2D eigenvalue weighted by Crippen LogP contribution is 2.21. The van der Waals surface area contributed by atoms with Gasteiger partial charge in [0.15, 0.2) is 0 Å². The van der Waals surface area contributed by atoms with Crippen LogP contribution < -0.4 is 0 Å². The van der Waals surface area contributed by atoms with E-state index in [1.807, 2.05) is 49.3 Å². The largest absolute Gasteiger partial charge is 0.290 e. The molecule has 0 heterocycles. The second-order valence-corrected chi connectivity index (χ2v) is 3.12. The number of rotatable bonds is 2. The van der Waals surface area contributed by atoms with Gasteiger partial charge < -0.3 is 0 Å². The number of benzene rings is 1. The smallest absolute Gasteiger partial charge is 0.110 e. The first-order valence-electron chi connectivity index (χ1n) is 3.57. The van der Waals surface area contributed by atoms with Crippen LogP contribution in [0.4, 0.5) is 0 Å². The van der Waals surface area contributed by atoms with Crippen molar-refractivity contribution in [3.63, 3.8) is 0 Å². The number of alkyl halides is 1. The third kappa shape index (κ3) is 3.02. The summed E-state index contributed by atoms with van der Waals surface area (Å²) in [7, 11) is 3.93. The summed E-state index contributed by atoms with van der Waals surface area (Å²) in [6.45, 7) is 0. The van der Waals surface area contributed by atoms with E-state index in [4.69, 9.17) is 11.6 Å². The van der Waals surface area contributed by atoms with Crippen LogP contribution in [-0.4, -0.2) is 19.0 Å². The Bertz CT molecular complexity index is 211. The van der Waals surface area contributed by atoms with Crippen molar-refractivity contribution >= 4 is 24.0 Å². The van der Waals surface area contributed by atoms with Gasteiger partial charge in [-0.05, 0) is 19.7 Å². The predicted molar refractivity (Wildman–Crippen MR) is 56.0 cm³/mol. The molecule has 0 N–H and O–H groups in total. The van der Waals surface area contributed by atoms with Crippen molar-refractivity contribution in [2.45, 2.75) is 5.50 Å². The third-order valence-corrected chi connectivity index (χ3v) is 2.17. The molecule has 1 nitrogen and oxygen atoms in total. The molecule has 0 aromatic heterocycles. The van der Waals surface area contributed by atoms with Crippen molar-refractivity contribution in [1.29, 1.82) is 0 Å². The van der Waals surface area contributed by atoms with E-state index in [1.165, 1.54) is 0 Å². The fourth-order valence-electron chi connectivity index (χ4n) is 0.910. The van der Waals surface area contributed by atoms with Gasteiger partial charge in [0.25, 0.3) is 0 Å². The summed E-state index contributed by atoms with van der Waals surface area (Å²) in [5.41, 5.74) is 1.12. The molecule has 0 aliphatic rings. The molecule has 0 fully saturated rings. The maximum atomic E-state index is 6.07. The van der Waals surface area contributed by atoms with E-state index in [9.17, 15) is 0 Å².